The van der Waals surface area contributed by atoms with Crippen LogP contribution in [-0.4, -0.2) is 36.1 Å². The summed E-state index contributed by atoms with van der Waals surface area (Å²) in [5.41, 5.74) is 8.78. The van der Waals surface area contributed by atoms with E-state index >= 15 is 0 Å². The van der Waals surface area contributed by atoms with Gasteiger partial charge in [-0.25, -0.2) is 9.97 Å². The predicted molar refractivity (Wildman–Crippen MR) is 113 cm³/mol. The molecule has 7 heteroatoms. The maximum atomic E-state index is 6.34. The van der Waals surface area contributed by atoms with Crippen molar-refractivity contribution in [1.82, 2.24) is 14.9 Å². The molecule has 6 nitrogen and oxygen atoms in total. The molecule has 0 saturated carbocycles. The minimum absolute atomic E-state index is 0.614. The molecule has 148 valence electrons. The van der Waals surface area contributed by atoms with Gasteiger partial charge >= 0.3 is 0 Å². The lowest BCUT2D eigenvalue weighted by Gasteiger charge is -2.19. The normalized spacial score (nSPS) is 13.7. The molecule has 0 saturated heterocycles. The molecule has 2 N–H and O–H groups in total. The van der Waals surface area contributed by atoms with Crippen molar-refractivity contribution in [3.05, 3.63) is 40.0 Å². The monoisotopic (exact) mass is 398 g/mol. The Morgan fingerprint density at radius 2 is 1.93 bits per heavy atom. The van der Waals surface area contributed by atoms with Crippen LogP contribution < -0.4 is 15.2 Å². The number of nitrogen functional groups attached to an aromatic ring is 1. The zero-order valence-electron chi connectivity index (χ0n) is 16.6. The van der Waals surface area contributed by atoms with Crippen LogP contribution in [0.4, 0.5) is 5.82 Å². The van der Waals surface area contributed by atoms with E-state index in [0.717, 1.165) is 45.9 Å². The summed E-state index contributed by atoms with van der Waals surface area (Å²) in [7, 11) is 5.36. The molecule has 1 aliphatic carbocycles. The maximum absolute atomic E-state index is 6.34. The SMILES string of the molecule is COc1cccc(CN(C)Cc2nc(N)c3c4c(sc3n2)CCCC4)c1OC. The number of ether oxygens (including phenoxy) is 2. The van der Waals surface area contributed by atoms with Crippen molar-refractivity contribution in [3.8, 4) is 11.5 Å². The van der Waals surface area contributed by atoms with Crippen LogP contribution in [0.2, 0.25) is 0 Å². The molecule has 0 bridgehead atoms. The Bertz CT molecular complexity index is 1000. The smallest absolute Gasteiger partial charge is 0.165 e. The van der Waals surface area contributed by atoms with Crippen LogP contribution >= 0.6 is 11.3 Å². The van der Waals surface area contributed by atoms with Crippen LogP contribution in [-0.2, 0) is 25.9 Å². The fourth-order valence-corrected chi connectivity index (χ4v) is 5.26. The highest BCUT2D eigenvalue weighted by Gasteiger charge is 2.20. The van der Waals surface area contributed by atoms with E-state index in [-0.39, 0.29) is 0 Å². The van der Waals surface area contributed by atoms with Gasteiger partial charge in [0.25, 0.3) is 0 Å². The lowest BCUT2D eigenvalue weighted by Crippen LogP contribution is -2.19. The fourth-order valence-electron chi connectivity index (χ4n) is 3.97. The molecular weight excluding hydrogens is 372 g/mol. The van der Waals surface area contributed by atoms with Gasteiger partial charge in [-0.1, -0.05) is 12.1 Å². The molecule has 0 aliphatic heterocycles. The number of hydrogen-bond donors (Lipinski definition) is 1. The van der Waals surface area contributed by atoms with Gasteiger partial charge in [-0.2, -0.15) is 0 Å². The van der Waals surface area contributed by atoms with Gasteiger partial charge in [0, 0.05) is 17.0 Å². The van der Waals surface area contributed by atoms with Crippen molar-refractivity contribution in [2.24, 2.45) is 0 Å². The van der Waals surface area contributed by atoms with Gasteiger partial charge in [0.1, 0.15) is 16.5 Å². The Morgan fingerprint density at radius 3 is 2.71 bits per heavy atom. The van der Waals surface area contributed by atoms with E-state index in [1.165, 1.54) is 23.3 Å². The quantitative estimate of drug-likeness (QED) is 0.681. The van der Waals surface area contributed by atoms with Crippen molar-refractivity contribution in [2.75, 3.05) is 27.0 Å². The third-order valence-corrected chi connectivity index (χ3v) is 6.41. The summed E-state index contributed by atoms with van der Waals surface area (Å²) in [5.74, 6) is 2.87. The van der Waals surface area contributed by atoms with Crippen molar-refractivity contribution in [3.63, 3.8) is 0 Å². The number of aromatic nitrogens is 2. The summed E-state index contributed by atoms with van der Waals surface area (Å²) in [6.07, 6.45) is 4.72. The number of rotatable bonds is 6. The van der Waals surface area contributed by atoms with Gasteiger partial charge in [0.15, 0.2) is 11.5 Å². The summed E-state index contributed by atoms with van der Waals surface area (Å²) < 4.78 is 10.9. The van der Waals surface area contributed by atoms with Gasteiger partial charge in [0.05, 0.1) is 26.2 Å². The van der Waals surface area contributed by atoms with Gasteiger partial charge in [-0.05, 0) is 44.4 Å². The van der Waals surface area contributed by atoms with Crippen LogP contribution in [0.5, 0.6) is 11.5 Å². The highest BCUT2D eigenvalue weighted by atomic mass is 32.1. The van der Waals surface area contributed by atoms with Crippen molar-refractivity contribution in [2.45, 2.75) is 38.8 Å². The lowest BCUT2D eigenvalue weighted by molar-refractivity contribution is 0.297. The number of methoxy groups -OCH3 is 2. The lowest BCUT2D eigenvalue weighted by atomic mass is 9.97. The highest BCUT2D eigenvalue weighted by Crippen LogP contribution is 2.38. The Hall–Kier alpha value is -2.38. The zero-order valence-corrected chi connectivity index (χ0v) is 17.4. The van der Waals surface area contributed by atoms with E-state index in [0.29, 0.717) is 18.9 Å². The third kappa shape index (κ3) is 3.52. The number of benzene rings is 1. The Morgan fingerprint density at radius 1 is 1.11 bits per heavy atom. The summed E-state index contributed by atoms with van der Waals surface area (Å²) in [6, 6.07) is 5.92. The number of nitrogens with zero attached hydrogens (tertiary/aromatic N) is 3. The van der Waals surface area contributed by atoms with Crippen LogP contribution in [0.3, 0.4) is 0 Å². The first kappa shape index (κ1) is 19.0. The first-order chi connectivity index (χ1) is 13.6. The number of anilines is 1. The molecule has 0 unspecified atom stereocenters. The molecule has 1 aliphatic rings. The van der Waals surface area contributed by atoms with Crippen LogP contribution in [0, 0.1) is 0 Å². The number of fused-ring (bicyclic) bond motifs is 3. The van der Waals surface area contributed by atoms with Crippen molar-refractivity contribution >= 4 is 27.4 Å². The minimum Gasteiger partial charge on any atom is -0.493 e. The Balaban J connectivity index is 1.57. The number of para-hydroxylation sites is 1. The molecule has 28 heavy (non-hydrogen) atoms. The number of nitrogens with two attached hydrogens (primary N) is 1. The van der Waals surface area contributed by atoms with Crippen LogP contribution in [0.15, 0.2) is 18.2 Å². The molecule has 0 amide bonds. The van der Waals surface area contributed by atoms with Gasteiger partial charge in [-0.3, -0.25) is 4.90 Å². The van der Waals surface area contributed by atoms with E-state index in [1.54, 1.807) is 25.6 Å². The molecule has 4 rings (SSSR count). The standard InChI is InChI=1S/C21H26N4O2S/c1-25(11-13-7-6-9-15(26-2)19(13)27-3)12-17-23-20(22)18-14-8-4-5-10-16(14)28-21(18)24-17/h6-7,9H,4-5,8,10-12H2,1-3H3,(H2,22,23,24). The van der Waals surface area contributed by atoms with E-state index in [9.17, 15) is 0 Å². The highest BCUT2D eigenvalue weighted by molar-refractivity contribution is 7.19. The second-order valence-electron chi connectivity index (χ2n) is 7.24. The first-order valence-corrected chi connectivity index (χ1v) is 10.4. The Kier molecular flexibility index (Phi) is 5.37. The minimum atomic E-state index is 0.614. The summed E-state index contributed by atoms with van der Waals surface area (Å²) in [5, 5.41) is 1.08. The van der Waals surface area contributed by atoms with E-state index in [4.69, 9.17) is 20.2 Å². The summed E-state index contributed by atoms with van der Waals surface area (Å²) in [4.78, 5) is 14.1. The molecule has 1 aromatic carbocycles. The predicted octanol–water partition coefficient (Wildman–Crippen LogP) is 3.80. The van der Waals surface area contributed by atoms with Crippen molar-refractivity contribution in [1.29, 1.82) is 0 Å². The summed E-state index contributed by atoms with van der Waals surface area (Å²) in [6.45, 7) is 1.31. The van der Waals surface area contributed by atoms with Gasteiger partial charge in [-0.15, -0.1) is 11.3 Å². The molecule has 0 fully saturated rings. The second-order valence-corrected chi connectivity index (χ2v) is 8.32. The molecule has 2 aromatic heterocycles. The third-order valence-electron chi connectivity index (χ3n) is 5.23. The van der Waals surface area contributed by atoms with Crippen molar-refractivity contribution < 1.29 is 9.47 Å². The molecular formula is C21H26N4O2S. The van der Waals surface area contributed by atoms with Gasteiger partial charge < -0.3 is 15.2 Å². The molecule has 0 spiro atoms. The molecule has 0 radical (unpaired) electrons. The number of hydrogen-bond acceptors (Lipinski definition) is 7. The summed E-state index contributed by atoms with van der Waals surface area (Å²) >= 11 is 1.78. The van der Waals surface area contributed by atoms with E-state index < -0.39 is 0 Å². The molecule has 0 atom stereocenters. The molecule has 2 heterocycles. The maximum Gasteiger partial charge on any atom is 0.165 e. The Labute approximate surface area is 169 Å². The van der Waals surface area contributed by atoms with E-state index in [1.807, 2.05) is 25.2 Å². The topological polar surface area (TPSA) is 73.5 Å². The first-order valence-electron chi connectivity index (χ1n) is 9.55. The second kappa shape index (κ2) is 7.93. The average Bonchev–Trinajstić information content (AvgIpc) is 3.06. The largest absolute Gasteiger partial charge is 0.493 e. The van der Waals surface area contributed by atoms with Crippen LogP contribution in [0.25, 0.3) is 10.2 Å². The average molecular weight is 399 g/mol. The number of aryl methyl sites for hydroxylation is 2. The number of thiophene rings is 1. The molecule has 3 aromatic rings. The van der Waals surface area contributed by atoms with Gasteiger partial charge in [0.2, 0.25) is 0 Å². The zero-order chi connectivity index (χ0) is 19.7. The van der Waals surface area contributed by atoms with Crippen LogP contribution in [0.1, 0.15) is 34.7 Å². The van der Waals surface area contributed by atoms with E-state index in [2.05, 4.69) is 9.88 Å². The fraction of sp³-hybridized carbons (Fsp3) is 0.429.